The van der Waals surface area contributed by atoms with Crippen LogP contribution in [-0.2, 0) is 14.3 Å². The maximum Gasteiger partial charge on any atom is 0.250 e. The smallest absolute Gasteiger partial charge is 0.250 e. The number of morpholine rings is 1. The third-order valence-electron chi connectivity index (χ3n) is 8.70. The Balaban J connectivity index is 1.23. The fourth-order valence-corrected chi connectivity index (χ4v) is 7.17. The maximum atomic E-state index is 14.6. The Morgan fingerprint density at radius 1 is 1.27 bits per heavy atom. The third-order valence-corrected chi connectivity index (χ3v) is 8.70. The van der Waals surface area contributed by atoms with E-state index in [0.29, 0.717) is 48.8 Å². The lowest BCUT2D eigenvalue weighted by Crippen LogP contribution is -2.63. The fourth-order valence-electron chi connectivity index (χ4n) is 7.17. The van der Waals surface area contributed by atoms with E-state index in [1.54, 1.807) is 12.1 Å². The summed E-state index contributed by atoms with van der Waals surface area (Å²) in [6, 6.07) is 4.78. The second kappa shape index (κ2) is 8.55. The zero-order valence-electron chi connectivity index (χ0n) is 19.4. The number of benzene rings is 1. The number of nitrogens with zero attached hydrogens (tertiary/aromatic N) is 1. The molecule has 4 bridgehead atoms. The van der Waals surface area contributed by atoms with E-state index in [0.717, 1.165) is 32.1 Å². The maximum absolute atomic E-state index is 14.6. The molecule has 180 valence electrons. The molecule has 0 aromatic heterocycles. The van der Waals surface area contributed by atoms with Crippen molar-refractivity contribution in [2.75, 3.05) is 26.8 Å². The lowest BCUT2D eigenvalue weighted by atomic mass is 9.47. The summed E-state index contributed by atoms with van der Waals surface area (Å²) in [5.74, 6) is 1.05. The van der Waals surface area contributed by atoms with Gasteiger partial charge in [0, 0.05) is 42.2 Å². The number of nitrogens with one attached hydrogen (secondary N) is 1. The van der Waals surface area contributed by atoms with Crippen molar-refractivity contribution in [3.8, 4) is 5.75 Å². The van der Waals surface area contributed by atoms with E-state index in [-0.39, 0.29) is 35.1 Å². The molecule has 33 heavy (non-hydrogen) atoms. The summed E-state index contributed by atoms with van der Waals surface area (Å²) >= 11 is 0. The molecule has 0 spiro atoms. The van der Waals surface area contributed by atoms with Crippen LogP contribution in [0.3, 0.4) is 0 Å². The fraction of sp³-hybridized carbons (Fsp3) is 0.680. The summed E-state index contributed by atoms with van der Waals surface area (Å²) in [5.41, 5.74) is 6.00. The van der Waals surface area contributed by atoms with E-state index in [9.17, 15) is 14.0 Å². The molecule has 7 nitrogen and oxygen atoms in total. The van der Waals surface area contributed by atoms with Gasteiger partial charge in [-0.05, 0) is 62.8 Å². The molecule has 1 aliphatic heterocycles. The first kappa shape index (κ1) is 22.6. The minimum absolute atomic E-state index is 0.0805. The lowest BCUT2D eigenvalue weighted by Gasteiger charge is -2.59. The van der Waals surface area contributed by atoms with Crippen molar-refractivity contribution in [2.24, 2.45) is 28.9 Å². The van der Waals surface area contributed by atoms with Crippen LogP contribution in [0.5, 0.6) is 5.75 Å². The van der Waals surface area contributed by atoms with Gasteiger partial charge in [-0.3, -0.25) is 14.5 Å². The van der Waals surface area contributed by atoms with Crippen LogP contribution in [0.2, 0.25) is 0 Å². The Hall–Kier alpha value is -2.19. The number of carbonyl (C=O) groups excluding carboxylic acids is 2. The van der Waals surface area contributed by atoms with Crippen molar-refractivity contribution in [2.45, 2.75) is 57.2 Å². The van der Waals surface area contributed by atoms with Crippen molar-refractivity contribution >= 4 is 11.8 Å². The molecule has 1 heterocycles. The molecule has 1 aromatic rings. The second-order valence-corrected chi connectivity index (χ2v) is 10.6. The molecule has 4 aliphatic carbocycles. The highest BCUT2D eigenvalue weighted by atomic mass is 19.1. The molecule has 1 aromatic carbocycles. The minimum Gasteiger partial charge on any atom is -0.497 e. The minimum atomic E-state index is -0.593. The standard InChI is InChI=1S/C25H34FN3O4/c1-14(19-4-3-18(32-2)9-20(19)26)29-5-6-33-21(13-29)23(30)28-22-16-7-15-8-17(22)12-25(10-15,11-16)24(27)31/h3-4,9,14-17,21-22H,5-8,10-13H2,1-2H3,(H2,27,31)(H,28,30)/t14-,15?,16?,17?,21?,22?,25?/m1/s1. The predicted molar refractivity (Wildman–Crippen MR) is 120 cm³/mol. The van der Waals surface area contributed by atoms with Gasteiger partial charge >= 0.3 is 0 Å². The van der Waals surface area contributed by atoms with Crippen molar-refractivity contribution in [1.29, 1.82) is 0 Å². The zero-order valence-corrected chi connectivity index (χ0v) is 19.4. The molecular formula is C25H34FN3O4. The largest absolute Gasteiger partial charge is 0.497 e. The summed E-state index contributed by atoms with van der Waals surface area (Å²) in [4.78, 5) is 27.5. The summed E-state index contributed by atoms with van der Waals surface area (Å²) in [5, 5.41) is 3.28. The van der Waals surface area contributed by atoms with Gasteiger partial charge < -0.3 is 20.5 Å². The number of rotatable bonds is 6. The first-order chi connectivity index (χ1) is 15.8. The SMILES string of the molecule is COc1ccc([C@@H](C)N2CCOC(C(=O)NC3C4CC5CC3CC(C(N)=O)(C5)C4)C2)c(F)c1. The van der Waals surface area contributed by atoms with Crippen LogP contribution in [-0.4, -0.2) is 55.7 Å². The number of nitrogens with two attached hydrogens (primary N) is 1. The predicted octanol–water partition coefficient (Wildman–Crippen LogP) is 2.39. The first-order valence-electron chi connectivity index (χ1n) is 12.1. The number of hydrogen-bond acceptors (Lipinski definition) is 5. The molecule has 5 aliphatic rings. The molecule has 1 saturated heterocycles. The van der Waals surface area contributed by atoms with Crippen LogP contribution in [0, 0.1) is 29.0 Å². The van der Waals surface area contributed by atoms with Crippen molar-refractivity contribution in [3.63, 3.8) is 0 Å². The number of ether oxygens (including phenoxy) is 2. The molecule has 3 unspecified atom stereocenters. The van der Waals surface area contributed by atoms with Gasteiger partial charge in [-0.15, -0.1) is 0 Å². The van der Waals surface area contributed by atoms with Crippen molar-refractivity contribution in [1.82, 2.24) is 10.2 Å². The van der Waals surface area contributed by atoms with Gasteiger partial charge in [0.2, 0.25) is 5.91 Å². The number of halogens is 1. The van der Waals surface area contributed by atoms with Crippen LogP contribution in [0.15, 0.2) is 18.2 Å². The van der Waals surface area contributed by atoms with Gasteiger partial charge in [0.05, 0.1) is 13.7 Å². The number of primary amides is 1. The van der Waals surface area contributed by atoms with E-state index in [1.807, 2.05) is 6.92 Å². The van der Waals surface area contributed by atoms with Crippen LogP contribution in [0.4, 0.5) is 4.39 Å². The summed E-state index contributed by atoms with van der Waals surface area (Å²) in [7, 11) is 1.51. The van der Waals surface area contributed by atoms with Crippen molar-refractivity contribution in [3.05, 3.63) is 29.6 Å². The van der Waals surface area contributed by atoms with Gasteiger partial charge in [-0.25, -0.2) is 4.39 Å². The van der Waals surface area contributed by atoms with E-state index >= 15 is 0 Å². The van der Waals surface area contributed by atoms with E-state index in [1.165, 1.54) is 13.2 Å². The first-order valence-corrected chi connectivity index (χ1v) is 12.1. The van der Waals surface area contributed by atoms with E-state index in [2.05, 4.69) is 10.2 Å². The Morgan fingerprint density at radius 3 is 2.64 bits per heavy atom. The van der Waals surface area contributed by atoms with Crippen LogP contribution >= 0.6 is 0 Å². The summed E-state index contributed by atoms with van der Waals surface area (Å²) in [6.07, 6.45) is 4.00. The third kappa shape index (κ3) is 4.01. The normalized spacial score (nSPS) is 36.4. The Labute approximate surface area is 194 Å². The topological polar surface area (TPSA) is 93.9 Å². The Kier molecular flexibility index (Phi) is 5.85. The van der Waals surface area contributed by atoms with E-state index in [4.69, 9.17) is 15.2 Å². The number of carbonyl (C=O) groups is 2. The summed E-state index contributed by atoms with van der Waals surface area (Å²) < 4.78 is 25.5. The van der Waals surface area contributed by atoms with Crippen LogP contribution < -0.4 is 15.8 Å². The highest BCUT2D eigenvalue weighted by Crippen LogP contribution is 2.59. The average Bonchev–Trinajstić information content (AvgIpc) is 2.80. The monoisotopic (exact) mass is 459 g/mol. The van der Waals surface area contributed by atoms with Gasteiger partial charge in [0.15, 0.2) is 0 Å². The molecule has 5 fully saturated rings. The molecular weight excluding hydrogens is 425 g/mol. The van der Waals surface area contributed by atoms with Gasteiger partial charge in [0.25, 0.3) is 5.91 Å². The lowest BCUT2D eigenvalue weighted by molar-refractivity contribution is -0.151. The molecule has 2 amide bonds. The highest BCUT2D eigenvalue weighted by Gasteiger charge is 2.58. The van der Waals surface area contributed by atoms with Gasteiger partial charge in [-0.2, -0.15) is 0 Å². The Bertz CT molecular complexity index is 924. The molecule has 4 atom stereocenters. The molecule has 0 radical (unpaired) electrons. The zero-order chi connectivity index (χ0) is 23.3. The number of hydrogen-bond donors (Lipinski definition) is 2. The highest BCUT2D eigenvalue weighted by molar-refractivity contribution is 5.83. The second-order valence-electron chi connectivity index (χ2n) is 10.6. The molecule has 3 N–H and O–H groups in total. The van der Waals surface area contributed by atoms with Gasteiger partial charge in [0.1, 0.15) is 17.7 Å². The number of amides is 2. The number of methoxy groups -OCH3 is 1. The Morgan fingerprint density at radius 2 is 2.00 bits per heavy atom. The molecule has 4 saturated carbocycles. The quantitative estimate of drug-likeness (QED) is 0.681. The van der Waals surface area contributed by atoms with Crippen LogP contribution in [0.1, 0.15) is 50.6 Å². The molecule has 6 rings (SSSR count). The van der Waals surface area contributed by atoms with Crippen LogP contribution in [0.25, 0.3) is 0 Å². The average molecular weight is 460 g/mol. The molecule has 8 heteroatoms. The summed E-state index contributed by atoms with van der Waals surface area (Å²) in [6.45, 7) is 3.42. The van der Waals surface area contributed by atoms with E-state index < -0.39 is 6.10 Å². The van der Waals surface area contributed by atoms with Crippen molar-refractivity contribution < 1.29 is 23.5 Å². The van der Waals surface area contributed by atoms with Gasteiger partial charge in [-0.1, -0.05) is 6.07 Å².